The first-order chi connectivity index (χ1) is 9.94. The molecule has 1 aromatic rings. The summed E-state index contributed by atoms with van der Waals surface area (Å²) in [6.45, 7) is 8.95. The van der Waals surface area contributed by atoms with Crippen molar-refractivity contribution in [2.45, 2.75) is 36.8 Å². The quantitative estimate of drug-likeness (QED) is 0.657. The van der Waals surface area contributed by atoms with Gasteiger partial charge in [-0.1, -0.05) is 39.1 Å². The zero-order chi connectivity index (χ0) is 15.5. The number of thiocarbonyl (C=S) groups is 1. The van der Waals surface area contributed by atoms with Crippen LogP contribution in [0.2, 0.25) is 0 Å². The van der Waals surface area contributed by atoms with Crippen LogP contribution in [0.4, 0.5) is 5.69 Å². The van der Waals surface area contributed by atoms with Crippen LogP contribution in [0.25, 0.3) is 0 Å². The van der Waals surface area contributed by atoms with Crippen LogP contribution in [0.3, 0.4) is 0 Å². The Hall–Kier alpha value is -0.390. The van der Waals surface area contributed by atoms with Crippen LogP contribution in [0, 0.1) is 0 Å². The van der Waals surface area contributed by atoms with Crippen molar-refractivity contribution in [2.24, 2.45) is 5.73 Å². The van der Waals surface area contributed by atoms with Gasteiger partial charge in [0.2, 0.25) is 0 Å². The monoisotopic (exact) mass is 340 g/mol. The normalized spacial score (nSPS) is 18.3. The average Bonchev–Trinajstić information content (AvgIpc) is 2.59. The number of nitrogens with two attached hydrogens (primary N) is 1. The summed E-state index contributed by atoms with van der Waals surface area (Å²) in [6, 6.07) is 6.41. The lowest BCUT2D eigenvalue weighted by atomic mass is 10.1. The molecule has 5 heteroatoms. The minimum atomic E-state index is 0.355. The predicted octanol–water partition coefficient (Wildman–Crippen LogP) is 4.15. The second-order valence-corrected chi connectivity index (χ2v) is 9.34. The van der Waals surface area contributed by atoms with Gasteiger partial charge in [-0.25, -0.2) is 0 Å². The lowest BCUT2D eigenvalue weighted by molar-refractivity contribution is 0.637. The zero-order valence-corrected chi connectivity index (χ0v) is 15.5. The van der Waals surface area contributed by atoms with E-state index < -0.39 is 0 Å². The molecule has 2 rings (SSSR count). The van der Waals surface area contributed by atoms with E-state index in [4.69, 9.17) is 18.0 Å². The highest BCUT2D eigenvalue weighted by Gasteiger charge is 2.25. The second-order valence-electron chi connectivity index (χ2n) is 5.79. The fourth-order valence-electron chi connectivity index (χ4n) is 2.57. The second kappa shape index (κ2) is 7.25. The van der Waals surface area contributed by atoms with Gasteiger partial charge in [0, 0.05) is 39.7 Å². The smallest absolute Gasteiger partial charge is 0.107 e. The van der Waals surface area contributed by atoms with E-state index in [0.717, 1.165) is 30.2 Å². The third kappa shape index (κ3) is 4.30. The molecule has 0 atom stereocenters. The van der Waals surface area contributed by atoms with Gasteiger partial charge in [0.1, 0.15) is 4.99 Å². The van der Waals surface area contributed by atoms with E-state index in [0.29, 0.717) is 9.74 Å². The lowest BCUT2D eigenvalue weighted by Gasteiger charge is -2.27. The Kier molecular flexibility index (Phi) is 5.86. The average molecular weight is 341 g/mol. The molecule has 1 aliphatic heterocycles. The summed E-state index contributed by atoms with van der Waals surface area (Å²) >= 11 is 9.20. The van der Waals surface area contributed by atoms with Crippen molar-refractivity contribution >= 4 is 46.4 Å². The lowest BCUT2D eigenvalue weighted by Crippen LogP contribution is -2.29. The van der Waals surface area contributed by atoms with Crippen molar-refractivity contribution in [3.05, 3.63) is 23.8 Å². The molecule has 2 N–H and O–H groups in total. The third-order valence-electron chi connectivity index (χ3n) is 3.73. The number of hydrogen-bond donors (Lipinski definition) is 1. The Labute approximate surface area is 142 Å². The number of anilines is 1. The minimum absolute atomic E-state index is 0.355. The molecule has 0 radical (unpaired) electrons. The number of rotatable bonds is 4. The molecule has 116 valence electrons. The van der Waals surface area contributed by atoms with Crippen LogP contribution in [-0.2, 0) is 0 Å². The van der Waals surface area contributed by atoms with E-state index in [1.54, 1.807) is 0 Å². The molecule has 1 aromatic carbocycles. The van der Waals surface area contributed by atoms with E-state index in [-0.39, 0.29) is 0 Å². The molecule has 0 saturated carbocycles. The molecular formula is C16H24N2S3. The van der Waals surface area contributed by atoms with Crippen LogP contribution in [0.15, 0.2) is 23.1 Å². The van der Waals surface area contributed by atoms with E-state index >= 15 is 0 Å². The molecule has 21 heavy (non-hydrogen) atoms. The van der Waals surface area contributed by atoms with Crippen molar-refractivity contribution < 1.29 is 0 Å². The van der Waals surface area contributed by atoms with E-state index in [2.05, 4.69) is 55.6 Å². The third-order valence-corrected chi connectivity index (χ3v) is 6.25. The SMILES string of the molecule is CCSc1cccc(N2CCSC(C)(C)CC2)c1C(N)=S. The molecule has 2 nitrogen and oxygen atoms in total. The Balaban J connectivity index is 2.34. The molecule has 1 fully saturated rings. The highest BCUT2D eigenvalue weighted by Crippen LogP contribution is 2.35. The summed E-state index contributed by atoms with van der Waals surface area (Å²) in [6.07, 6.45) is 1.18. The maximum atomic E-state index is 6.03. The molecular weight excluding hydrogens is 316 g/mol. The van der Waals surface area contributed by atoms with Crippen molar-refractivity contribution in [1.29, 1.82) is 0 Å². The van der Waals surface area contributed by atoms with Gasteiger partial charge in [-0.2, -0.15) is 11.8 Å². The van der Waals surface area contributed by atoms with E-state index in [1.165, 1.54) is 17.0 Å². The Bertz CT molecular complexity index is 514. The van der Waals surface area contributed by atoms with Crippen LogP contribution >= 0.6 is 35.7 Å². The Morgan fingerprint density at radius 2 is 2.19 bits per heavy atom. The fourth-order valence-corrected chi connectivity index (χ4v) is 4.79. The van der Waals surface area contributed by atoms with Crippen LogP contribution in [0.5, 0.6) is 0 Å². The largest absolute Gasteiger partial charge is 0.389 e. The zero-order valence-electron chi connectivity index (χ0n) is 13.0. The maximum Gasteiger partial charge on any atom is 0.107 e. The van der Waals surface area contributed by atoms with Gasteiger partial charge in [-0.3, -0.25) is 0 Å². The Morgan fingerprint density at radius 1 is 1.43 bits per heavy atom. The van der Waals surface area contributed by atoms with Crippen molar-refractivity contribution in [3.8, 4) is 0 Å². The number of hydrogen-bond acceptors (Lipinski definition) is 4. The highest BCUT2D eigenvalue weighted by atomic mass is 32.2. The number of nitrogens with zero attached hydrogens (tertiary/aromatic N) is 1. The minimum Gasteiger partial charge on any atom is -0.389 e. The van der Waals surface area contributed by atoms with Gasteiger partial charge < -0.3 is 10.6 Å². The van der Waals surface area contributed by atoms with Gasteiger partial charge in [0.25, 0.3) is 0 Å². The van der Waals surface area contributed by atoms with Gasteiger partial charge in [-0.15, -0.1) is 11.8 Å². The standard InChI is InChI=1S/C16H24N2S3/c1-4-20-13-7-5-6-12(14(13)15(17)19)18-9-8-16(2,3)21-11-10-18/h5-7H,4,8-11H2,1-3H3,(H2,17,19). The topological polar surface area (TPSA) is 29.3 Å². The first-order valence-corrected chi connectivity index (χ1v) is 9.77. The maximum absolute atomic E-state index is 6.03. The molecule has 0 amide bonds. The van der Waals surface area contributed by atoms with Crippen molar-refractivity contribution in [2.75, 3.05) is 29.5 Å². The molecule has 1 saturated heterocycles. The Morgan fingerprint density at radius 3 is 2.86 bits per heavy atom. The van der Waals surface area contributed by atoms with Crippen molar-refractivity contribution in [1.82, 2.24) is 0 Å². The van der Waals surface area contributed by atoms with Gasteiger partial charge in [0.15, 0.2) is 0 Å². The fraction of sp³-hybridized carbons (Fsp3) is 0.562. The molecule has 0 bridgehead atoms. The summed E-state index contributed by atoms with van der Waals surface area (Å²) in [5.74, 6) is 2.18. The predicted molar refractivity (Wildman–Crippen MR) is 102 cm³/mol. The number of benzene rings is 1. The molecule has 0 spiro atoms. The molecule has 0 aliphatic carbocycles. The first-order valence-electron chi connectivity index (χ1n) is 7.39. The summed E-state index contributed by atoms with van der Waals surface area (Å²) < 4.78 is 0.355. The summed E-state index contributed by atoms with van der Waals surface area (Å²) in [5.41, 5.74) is 8.30. The van der Waals surface area contributed by atoms with Gasteiger partial charge >= 0.3 is 0 Å². The number of thioether (sulfide) groups is 2. The molecule has 1 heterocycles. The van der Waals surface area contributed by atoms with E-state index in [9.17, 15) is 0 Å². The summed E-state index contributed by atoms with van der Waals surface area (Å²) in [7, 11) is 0. The van der Waals surface area contributed by atoms with Gasteiger partial charge in [0.05, 0.1) is 0 Å². The van der Waals surface area contributed by atoms with Gasteiger partial charge in [-0.05, 0) is 24.3 Å². The van der Waals surface area contributed by atoms with E-state index in [1.807, 2.05) is 11.8 Å². The molecule has 0 aromatic heterocycles. The van der Waals surface area contributed by atoms with Crippen LogP contribution in [-0.4, -0.2) is 34.3 Å². The van der Waals surface area contributed by atoms with Crippen LogP contribution in [0.1, 0.15) is 32.8 Å². The summed E-state index contributed by atoms with van der Waals surface area (Å²) in [4.78, 5) is 4.17. The summed E-state index contributed by atoms with van der Waals surface area (Å²) in [5, 5.41) is 0. The van der Waals surface area contributed by atoms with Crippen LogP contribution < -0.4 is 10.6 Å². The molecule has 0 unspecified atom stereocenters. The molecule has 1 aliphatic rings. The highest BCUT2D eigenvalue weighted by molar-refractivity contribution is 8.00. The first kappa shape index (κ1) is 17.0. The van der Waals surface area contributed by atoms with Crippen molar-refractivity contribution in [3.63, 3.8) is 0 Å².